The van der Waals surface area contributed by atoms with Gasteiger partial charge in [-0.3, -0.25) is 0 Å². The van der Waals surface area contributed by atoms with Crippen molar-refractivity contribution >= 4 is 0 Å². The zero-order valence-corrected chi connectivity index (χ0v) is 18.9. The number of allylic oxidation sites excluding steroid dienone is 1. The average Bonchev–Trinajstić information content (AvgIpc) is 3.18. The largest absolute Gasteiger partial charge is 0.381 e. The summed E-state index contributed by atoms with van der Waals surface area (Å²) in [5.41, 5.74) is 0. The number of hydrogen-bond acceptors (Lipinski definition) is 6. The van der Waals surface area contributed by atoms with E-state index in [4.69, 9.17) is 28.4 Å². The molecular weight excluding hydrogens is 372 g/mol. The van der Waals surface area contributed by atoms with E-state index in [2.05, 4.69) is 19.1 Å². The van der Waals surface area contributed by atoms with Crippen LogP contribution in [0.15, 0.2) is 12.2 Å². The number of ether oxygens (including phenoxy) is 6. The van der Waals surface area contributed by atoms with Crippen molar-refractivity contribution in [2.45, 2.75) is 115 Å². The molecule has 6 heteroatoms. The second-order valence-electron chi connectivity index (χ2n) is 9.27. The predicted octanol–water partition coefficient (Wildman–Crippen LogP) is 4.36. The first-order chi connectivity index (χ1) is 13.8. The highest BCUT2D eigenvalue weighted by atomic mass is 16.8. The summed E-state index contributed by atoms with van der Waals surface area (Å²) in [6, 6.07) is 0. The van der Waals surface area contributed by atoms with E-state index in [0.29, 0.717) is 6.61 Å². The Bertz CT molecular complexity index is 525. The molecule has 0 bridgehead atoms. The zero-order valence-electron chi connectivity index (χ0n) is 18.9. The molecule has 3 heterocycles. The van der Waals surface area contributed by atoms with Gasteiger partial charge in [0, 0.05) is 13.2 Å². The van der Waals surface area contributed by atoms with Crippen LogP contribution in [-0.4, -0.2) is 61.9 Å². The van der Waals surface area contributed by atoms with E-state index in [1.54, 1.807) is 0 Å². The molecule has 3 fully saturated rings. The Morgan fingerprint density at radius 1 is 1.00 bits per heavy atom. The molecule has 0 aromatic rings. The first-order valence-electron chi connectivity index (χ1n) is 11.4. The van der Waals surface area contributed by atoms with Crippen molar-refractivity contribution in [3.63, 3.8) is 0 Å². The van der Waals surface area contributed by atoms with Crippen molar-refractivity contribution in [3.05, 3.63) is 12.2 Å². The van der Waals surface area contributed by atoms with E-state index in [1.807, 2.05) is 27.7 Å². The summed E-state index contributed by atoms with van der Waals surface area (Å²) >= 11 is 0. The van der Waals surface area contributed by atoms with Crippen LogP contribution >= 0.6 is 0 Å². The van der Waals surface area contributed by atoms with Crippen molar-refractivity contribution in [3.8, 4) is 0 Å². The average molecular weight is 413 g/mol. The van der Waals surface area contributed by atoms with Crippen LogP contribution in [0, 0.1) is 0 Å². The van der Waals surface area contributed by atoms with Gasteiger partial charge in [-0.1, -0.05) is 31.9 Å². The van der Waals surface area contributed by atoms with Crippen LogP contribution in [-0.2, 0) is 28.4 Å². The monoisotopic (exact) mass is 412 g/mol. The Labute approximate surface area is 176 Å². The van der Waals surface area contributed by atoms with Crippen LogP contribution < -0.4 is 0 Å². The molecule has 0 spiro atoms. The van der Waals surface area contributed by atoms with Crippen LogP contribution in [0.2, 0.25) is 0 Å². The SMILES string of the molecule is CCCCC/C=C\[C@H]1OC(C)(C)O[C@H]1[C@H](OC1CCOCC1)[C@@H]1COC(C)(C)O1. The van der Waals surface area contributed by atoms with Crippen LogP contribution in [0.25, 0.3) is 0 Å². The minimum absolute atomic E-state index is 0.141. The fourth-order valence-electron chi connectivity index (χ4n) is 4.25. The van der Waals surface area contributed by atoms with E-state index < -0.39 is 11.6 Å². The van der Waals surface area contributed by atoms with E-state index in [1.165, 1.54) is 19.3 Å². The number of rotatable bonds is 9. The molecule has 0 unspecified atom stereocenters. The second kappa shape index (κ2) is 10.2. The summed E-state index contributed by atoms with van der Waals surface area (Å²) in [7, 11) is 0. The second-order valence-corrected chi connectivity index (χ2v) is 9.27. The third kappa shape index (κ3) is 6.74. The van der Waals surface area contributed by atoms with Crippen molar-refractivity contribution in [1.82, 2.24) is 0 Å². The van der Waals surface area contributed by atoms with E-state index >= 15 is 0 Å². The van der Waals surface area contributed by atoms with Crippen molar-refractivity contribution in [1.29, 1.82) is 0 Å². The molecule has 0 aromatic carbocycles. The van der Waals surface area contributed by atoms with Gasteiger partial charge in [0.25, 0.3) is 0 Å². The molecule has 6 nitrogen and oxygen atoms in total. The van der Waals surface area contributed by atoms with E-state index in [9.17, 15) is 0 Å². The summed E-state index contributed by atoms with van der Waals surface area (Å²) in [6.07, 6.45) is 10.2. The molecule has 168 valence electrons. The Balaban J connectivity index is 1.73. The van der Waals surface area contributed by atoms with Gasteiger partial charge in [-0.25, -0.2) is 0 Å². The van der Waals surface area contributed by atoms with Crippen LogP contribution in [0.4, 0.5) is 0 Å². The first-order valence-corrected chi connectivity index (χ1v) is 11.4. The van der Waals surface area contributed by atoms with Crippen molar-refractivity contribution < 1.29 is 28.4 Å². The smallest absolute Gasteiger partial charge is 0.164 e. The summed E-state index contributed by atoms with van der Waals surface area (Å²) < 4.78 is 36.8. The van der Waals surface area contributed by atoms with E-state index in [0.717, 1.165) is 32.5 Å². The lowest BCUT2D eigenvalue weighted by Gasteiger charge is -2.34. The molecule has 3 saturated heterocycles. The van der Waals surface area contributed by atoms with Gasteiger partial charge in [0.2, 0.25) is 0 Å². The molecule has 3 rings (SSSR count). The van der Waals surface area contributed by atoms with Gasteiger partial charge in [-0.05, 0) is 53.4 Å². The van der Waals surface area contributed by atoms with Gasteiger partial charge in [0.1, 0.15) is 24.4 Å². The first kappa shape index (κ1) is 23.2. The quantitative estimate of drug-likeness (QED) is 0.414. The van der Waals surface area contributed by atoms with Crippen molar-refractivity contribution in [2.75, 3.05) is 19.8 Å². The van der Waals surface area contributed by atoms with Gasteiger partial charge < -0.3 is 28.4 Å². The summed E-state index contributed by atoms with van der Waals surface area (Å²) in [5.74, 6) is -1.27. The maximum Gasteiger partial charge on any atom is 0.164 e. The molecule has 29 heavy (non-hydrogen) atoms. The minimum Gasteiger partial charge on any atom is -0.381 e. The number of hydrogen-bond donors (Lipinski definition) is 0. The van der Waals surface area contributed by atoms with Crippen LogP contribution in [0.3, 0.4) is 0 Å². The normalized spacial score (nSPS) is 33.5. The highest BCUT2D eigenvalue weighted by Gasteiger charge is 2.50. The molecule has 4 atom stereocenters. The van der Waals surface area contributed by atoms with Crippen LogP contribution in [0.1, 0.15) is 73.1 Å². The Hall–Kier alpha value is -0.500. The lowest BCUT2D eigenvalue weighted by Crippen LogP contribution is -2.48. The van der Waals surface area contributed by atoms with Gasteiger partial charge >= 0.3 is 0 Å². The maximum atomic E-state index is 6.60. The third-order valence-electron chi connectivity index (χ3n) is 5.70. The molecule has 3 aliphatic heterocycles. The van der Waals surface area contributed by atoms with Gasteiger partial charge in [0.15, 0.2) is 11.6 Å². The van der Waals surface area contributed by atoms with E-state index in [-0.39, 0.29) is 30.5 Å². The number of unbranched alkanes of at least 4 members (excludes halogenated alkanes) is 3. The van der Waals surface area contributed by atoms with Gasteiger partial charge in [0.05, 0.1) is 12.7 Å². The predicted molar refractivity (Wildman–Crippen MR) is 111 cm³/mol. The molecule has 0 amide bonds. The van der Waals surface area contributed by atoms with Crippen molar-refractivity contribution in [2.24, 2.45) is 0 Å². The molecule has 0 saturated carbocycles. The molecule has 0 aromatic heterocycles. The minimum atomic E-state index is -0.657. The van der Waals surface area contributed by atoms with Crippen LogP contribution in [0.5, 0.6) is 0 Å². The fraction of sp³-hybridized carbons (Fsp3) is 0.913. The third-order valence-corrected chi connectivity index (χ3v) is 5.70. The lowest BCUT2D eigenvalue weighted by molar-refractivity contribution is -0.203. The highest BCUT2D eigenvalue weighted by Crippen LogP contribution is 2.37. The Morgan fingerprint density at radius 3 is 2.41 bits per heavy atom. The topological polar surface area (TPSA) is 55.4 Å². The summed E-state index contributed by atoms with van der Waals surface area (Å²) in [4.78, 5) is 0. The standard InChI is InChI=1S/C23H40O6/c1-6-7-8-9-10-11-18-21(29-23(4,5)27-18)20(19-16-25-22(2,3)28-19)26-17-12-14-24-15-13-17/h10-11,17-21H,6-9,12-16H2,1-5H3/b11-10-/t18-,19+,20-,21-/m1/s1. The lowest BCUT2D eigenvalue weighted by atomic mass is 10.0. The summed E-state index contributed by atoms with van der Waals surface area (Å²) in [5, 5.41) is 0. The molecule has 0 aliphatic carbocycles. The molecule has 0 radical (unpaired) electrons. The Kier molecular flexibility index (Phi) is 8.15. The highest BCUT2D eigenvalue weighted by molar-refractivity contribution is 5.03. The maximum absolute atomic E-state index is 6.60. The van der Waals surface area contributed by atoms with Gasteiger partial charge in [-0.2, -0.15) is 0 Å². The molecule has 3 aliphatic rings. The zero-order chi connectivity index (χ0) is 20.9. The fourth-order valence-corrected chi connectivity index (χ4v) is 4.25. The molecule has 0 N–H and O–H groups in total. The van der Waals surface area contributed by atoms with Gasteiger partial charge in [-0.15, -0.1) is 0 Å². The summed E-state index contributed by atoms with van der Waals surface area (Å²) in [6.45, 7) is 12.0. The molecular formula is C23H40O6. The Morgan fingerprint density at radius 2 is 1.76 bits per heavy atom.